The molecule has 15 heavy (non-hydrogen) atoms. The van der Waals surface area contributed by atoms with E-state index in [2.05, 4.69) is 5.32 Å². The Morgan fingerprint density at radius 2 is 1.93 bits per heavy atom. The molecule has 1 fully saturated rings. The predicted molar refractivity (Wildman–Crippen MR) is 56.1 cm³/mol. The summed E-state index contributed by atoms with van der Waals surface area (Å²) < 4.78 is 31.9. The largest absolute Gasteiger partial charge is 0.396 e. The fourth-order valence-electron chi connectivity index (χ4n) is 1.80. The Morgan fingerprint density at radius 3 is 2.33 bits per heavy atom. The van der Waals surface area contributed by atoms with Gasteiger partial charge in [0.2, 0.25) is 0 Å². The molecule has 1 unspecified atom stereocenters. The van der Waals surface area contributed by atoms with Crippen LogP contribution < -0.4 is 5.32 Å². The molecule has 7 heteroatoms. The summed E-state index contributed by atoms with van der Waals surface area (Å²) in [5.74, 6) is 0. The van der Waals surface area contributed by atoms with Crippen molar-refractivity contribution in [2.24, 2.45) is 0 Å². The van der Waals surface area contributed by atoms with Crippen molar-refractivity contribution in [2.75, 3.05) is 32.8 Å². The van der Waals surface area contributed by atoms with Gasteiger partial charge in [0.05, 0.1) is 0 Å². The van der Waals surface area contributed by atoms with Crippen LogP contribution in [0.5, 0.6) is 0 Å². The molecule has 6 nitrogen and oxygen atoms in total. The normalized spacial score (nSPS) is 23.7. The van der Waals surface area contributed by atoms with Crippen molar-refractivity contribution in [3.63, 3.8) is 0 Å². The summed E-state index contributed by atoms with van der Waals surface area (Å²) in [5, 5.41) is 12.0. The van der Waals surface area contributed by atoms with Crippen LogP contribution in [0.2, 0.25) is 0 Å². The number of nitrogens with zero attached hydrogens (tertiary/aromatic N) is 1. The van der Waals surface area contributed by atoms with Gasteiger partial charge in [-0.2, -0.15) is 8.42 Å². The Balaban J connectivity index is 2.89. The minimum atomic E-state index is -4.19. The number of nitrogens with one attached hydrogen (secondary N) is 1. The summed E-state index contributed by atoms with van der Waals surface area (Å²) in [6.45, 7) is 3.67. The van der Waals surface area contributed by atoms with Crippen LogP contribution in [0, 0.1) is 0 Å². The van der Waals surface area contributed by atoms with E-state index in [-0.39, 0.29) is 13.0 Å². The second kappa shape index (κ2) is 4.75. The molecule has 0 saturated carbocycles. The lowest BCUT2D eigenvalue weighted by molar-refractivity contribution is 0.113. The van der Waals surface area contributed by atoms with E-state index in [1.165, 1.54) is 6.92 Å². The minimum absolute atomic E-state index is 0.0197. The summed E-state index contributed by atoms with van der Waals surface area (Å²) in [7, 11) is -4.19. The lowest BCUT2D eigenvalue weighted by atomic mass is 10.2. The molecule has 90 valence electrons. The van der Waals surface area contributed by atoms with E-state index in [0.717, 1.165) is 0 Å². The van der Waals surface area contributed by atoms with E-state index in [0.29, 0.717) is 26.2 Å². The monoisotopic (exact) mass is 238 g/mol. The van der Waals surface area contributed by atoms with Crippen LogP contribution in [0.15, 0.2) is 0 Å². The molecule has 0 aromatic heterocycles. The van der Waals surface area contributed by atoms with Crippen molar-refractivity contribution >= 4 is 10.1 Å². The third-order valence-corrected chi connectivity index (χ3v) is 4.49. The zero-order valence-corrected chi connectivity index (χ0v) is 9.63. The molecule has 0 aromatic rings. The van der Waals surface area contributed by atoms with Crippen molar-refractivity contribution in [3.05, 3.63) is 0 Å². The molecule has 1 saturated heterocycles. The fourth-order valence-corrected chi connectivity index (χ4v) is 2.65. The summed E-state index contributed by atoms with van der Waals surface area (Å²) in [6, 6.07) is 0. The van der Waals surface area contributed by atoms with E-state index in [9.17, 15) is 13.0 Å². The molecule has 1 rings (SSSR count). The molecule has 0 amide bonds. The lowest BCUT2D eigenvalue weighted by Crippen LogP contribution is -2.58. The maximum absolute atomic E-state index is 11.3. The molecule has 1 aliphatic rings. The van der Waals surface area contributed by atoms with Crippen molar-refractivity contribution in [1.82, 2.24) is 10.2 Å². The molecule has 1 atom stereocenters. The average molecular weight is 238 g/mol. The van der Waals surface area contributed by atoms with E-state index < -0.39 is 15.0 Å². The first-order valence-corrected chi connectivity index (χ1v) is 6.39. The van der Waals surface area contributed by atoms with E-state index >= 15 is 0 Å². The first-order chi connectivity index (χ1) is 6.92. The maximum Gasteiger partial charge on any atom is 0.284 e. The van der Waals surface area contributed by atoms with Gasteiger partial charge in [-0.3, -0.25) is 9.45 Å². The van der Waals surface area contributed by atoms with E-state index in [4.69, 9.17) is 5.11 Å². The van der Waals surface area contributed by atoms with Crippen LogP contribution in [-0.4, -0.2) is 60.6 Å². The van der Waals surface area contributed by atoms with Crippen LogP contribution in [0.4, 0.5) is 0 Å². The Hall–Kier alpha value is -0.210. The van der Waals surface area contributed by atoms with Crippen LogP contribution in [0.3, 0.4) is 0 Å². The number of hydrogen-bond donors (Lipinski definition) is 3. The second-order valence-electron chi connectivity index (χ2n) is 3.86. The van der Waals surface area contributed by atoms with Gasteiger partial charge in [-0.15, -0.1) is 0 Å². The van der Waals surface area contributed by atoms with Gasteiger partial charge in [-0.25, -0.2) is 0 Å². The molecule has 0 bridgehead atoms. The molecular weight excluding hydrogens is 220 g/mol. The SMILES string of the molecule is CC(CCO)(N1CCNCC1)S(=O)(=O)O. The Kier molecular flexibility index (Phi) is 4.07. The number of piperazine rings is 1. The van der Waals surface area contributed by atoms with Gasteiger partial charge in [0, 0.05) is 39.2 Å². The number of hydrogen-bond acceptors (Lipinski definition) is 5. The molecule has 0 aromatic carbocycles. The van der Waals surface area contributed by atoms with Crippen LogP contribution in [0.25, 0.3) is 0 Å². The van der Waals surface area contributed by atoms with Crippen molar-refractivity contribution in [2.45, 2.75) is 18.2 Å². The highest BCUT2D eigenvalue weighted by Gasteiger charge is 2.43. The Morgan fingerprint density at radius 1 is 1.40 bits per heavy atom. The zero-order valence-electron chi connectivity index (χ0n) is 8.81. The Labute approximate surface area is 90.0 Å². The van der Waals surface area contributed by atoms with Gasteiger partial charge in [0.15, 0.2) is 0 Å². The van der Waals surface area contributed by atoms with Crippen LogP contribution in [0.1, 0.15) is 13.3 Å². The average Bonchev–Trinajstić information content (AvgIpc) is 2.18. The zero-order chi connectivity index (χ0) is 11.5. The standard InChI is InChI=1S/C8H18N2O4S/c1-8(2-7-11,15(12,13)14)10-5-3-9-4-6-10/h9,11H,2-7H2,1H3,(H,12,13,14). The van der Waals surface area contributed by atoms with Gasteiger partial charge in [-0.05, 0) is 6.92 Å². The maximum atomic E-state index is 11.3. The molecule has 0 radical (unpaired) electrons. The third kappa shape index (κ3) is 2.67. The predicted octanol–water partition coefficient (Wildman–Crippen LogP) is -1.12. The summed E-state index contributed by atoms with van der Waals surface area (Å²) in [5.41, 5.74) is 0. The van der Waals surface area contributed by atoms with Gasteiger partial charge < -0.3 is 10.4 Å². The summed E-state index contributed by atoms with van der Waals surface area (Å²) in [4.78, 5) is 0.318. The van der Waals surface area contributed by atoms with Crippen molar-refractivity contribution < 1.29 is 18.1 Å². The fraction of sp³-hybridized carbons (Fsp3) is 1.00. The smallest absolute Gasteiger partial charge is 0.284 e. The number of aliphatic hydroxyl groups is 1. The van der Waals surface area contributed by atoms with E-state index in [1.54, 1.807) is 4.90 Å². The van der Waals surface area contributed by atoms with Gasteiger partial charge in [0.25, 0.3) is 10.1 Å². The molecular formula is C8H18N2O4S. The van der Waals surface area contributed by atoms with Crippen molar-refractivity contribution in [1.29, 1.82) is 0 Å². The van der Waals surface area contributed by atoms with Crippen LogP contribution >= 0.6 is 0 Å². The minimum Gasteiger partial charge on any atom is -0.396 e. The lowest BCUT2D eigenvalue weighted by Gasteiger charge is -2.40. The van der Waals surface area contributed by atoms with Gasteiger partial charge in [-0.1, -0.05) is 0 Å². The number of aliphatic hydroxyl groups excluding tert-OH is 1. The highest BCUT2D eigenvalue weighted by atomic mass is 32.2. The molecule has 1 heterocycles. The first kappa shape index (κ1) is 12.9. The topological polar surface area (TPSA) is 89.9 Å². The molecule has 3 N–H and O–H groups in total. The van der Waals surface area contributed by atoms with Crippen LogP contribution in [-0.2, 0) is 10.1 Å². The molecule has 1 aliphatic heterocycles. The summed E-state index contributed by atoms with van der Waals surface area (Å²) in [6.07, 6.45) is 0.0197. The highest BCUT2D eigenvalue weighted by Crippen LogP contribution is 2.25. The quantitative estimate of drug-likeness (QED) is 0.537. The summed E-state index contributed by atoms with van der Waals surface area (Å²) >= 11 is 0. The second-order valence-corrected chi connectivity index (χ2v) is 5.69. The highest BCUT2D eigenvalue weighted by molar-refractivity contribution is 7.87. The van der Waals surface area contributed by atoms with E-state index in [1.807, 2.05) is 0 Å². The first-order valence-electron chi connectivity index (χ1n) is 4.95. The third-order valence-electron chi connectivity index (χ3n) is 2.92. The Bertz CT molecular complexity index is 300. The van der Waals surface area contributed by atoms with Gasteiger partial charge in [0.1, 0.15) is 4.87 Å². The molecule has 0 spiro atoms. The molecule has 0 aliphatic carbocycles. The van der Waals surface area contributed by atoms with Gasteiger partial charge >= 0.3 is 0 Å². The van der Waals surface area contributed by atoms with Crippen molar-refractivity contribution in [3.8, 4) is 0 Å². The number of rotatable bonds is 4.